The van der Waals surface area contributed by atoms with Crippen molar-refractivity contribution in [1.82, 2.24) is 20.3 Å². The molecule has 1 aromatic carbocycles. The maximum atomic E-state index is 11.7. The van der Waals surface area contributed by atoms with Crippen molar-refractivity contribution in [3.05, 3.63) is 42.2 Å². The first-order valence-corrected chi connectivity index (χ1v) is 6.07. The third-order valence-corrected chi connectivity index (χ3v) is 2.53. The van der Waals surface area contributed by atoms with Crippen LogP contribution in [0.5, 0.6) is 0 Å². The van der Waals surface area contributed by atoms with Gasteiger partial charge in [-0.05, 0) is 18.6 Å². The summed E-state index contributed by atoms with van der Waals surface area (Å²) in [4.78, 5) is 13.2. The monoisotopic (exact) mass is 244 g/mol. The zero-order valence-electron chi connectivity index (χ0n) is 10.3. The minimum Gasteiger partial charge on any atom is -0.351 e. The molecule has 5 heteroatoms. The minimum absolute atomic E-state index is 0.175. The molecular weight excluding hydrogens is 228 g/mol. The second kappa shape index (κ2) is 5.95. The van der Waals surface area contributed by atoms with Gasteiger partial charge < -0.3 is 5.32 Å². The lowest BCUT2D eigenvalue weighted by Gasteiger charge is -2.00. The first-order valence-electron chi connectivity index (χ1n) is 6.07. The van der Waals surface area contributed by atoms with Gasteiger partial charge in [-0.25, -0.2) is 0 Å². The van der Waals surface area contributed by atoms with Gasteiger partial charge >= 0.3 is 0 Å². The van der Waals surface area contributed by atoms with Gasteiger partial charge in [0, 0.05) is 6.54 Å². The van der Waals surface area contributed by atoms with Crippen LogP contribution in [-0.4, -0.2) is 27.4 Å². The van der Waals surface area contributed by atoms with Crippen molar-refractivity contribution < 1.29 is 4.79 Å². The number of unbranched alkanes of at least 4 members (excludes halogenated alkanes) is 1. The van der Waals surface area contributed by atoms with Gasteiger partial charge in [0.25, 0.3) is 5.91 Å². The largest absolute Gasteiger partial charge is 0.351 e. The van der Waals surface area contributed by atoms with Gasteiger partial charge in [0.2, 0.25) is 0 Å². The second-order valence-electron chi connectivity index (χ2n) is 3.96. The Labute approximate surface area is 106 Å². The molecule has 0 radical (unpaired) electrons. The molecule has 0 atom stereocenters. The van der Waals surface area contributed by atoms with Crippen molar-refractivity contribution in [3.63, 3.8) is 0 Å². The Kier molecular flexibility index (Phi) is 4.06. The van der Waals surface area contributed by atoms with E-state index in [9.17, 15) is 4.79 Å². The van der Waals surface area contributed by atoms with Crippen LogP contribution in [-0.2, 0) is 0 Å². The van der Waals surface area contributed by atoms with E-state index in [1.165, 1.54) is 11.0 Å². The van der Waals surface area contributed by atoms with Crippen molar-refractivity contribution >= 4 is 5.91 Å². The number of hydrogen-bond acceptors (Lipinski definition) is 3. The zero-order chi connectivity index (χ0) is 12.8. The fourth-order valence-electron chi connectivity index (χ4n) is 1.52. The maximum Gasteiger partial charge on any atom is 0.273 e. The van der Waals surface area contributed by atoms with Crippen molar-refractivity contribution in [2.24, 2.45) is 0 Å². The Bertz CT molecular complexity index is 507. The van der Waals surface area contributed by atoms with Gasteiger partial charge in [-0.15, -0.1) is 5.10 Å². The first-order chi connectivity index (χ1) is 8.81. The maximum absolute atomic E-state index is 11.7. The van der Waals surface area contributed by atoms with E-state index in [1.54, 1.807) is 0 Å². The van der Waals surface area contributed by atoms with Crippen LogP contribution in [0.25, 0.3) is 5.69 Å². The summed E-state index contributed by atoms with van der Waals surface area (Å²) in [7, 11) is 0. The Balaban J connectivity index is 2.04. The van der Waals surface area contributed by atoms with Gasteiger partial charge in [0.05, 0.1) is 11.9 Å². The average molecular weight is 244 g/mol. The van der Waals surface area contributed by atoms with Crippen LogP contribution in [0.4, 0.5) is 0 Å². The number of carbonyl (C=O) groups excluding carboxylic acids is 1. The van der Waals surface area contributed by atoms with Gasteiger partial charge in [0.1, 0.15) is 0 Å². The SMILES string of the molecule is CCCCNC(=O)c1cnn(-c2ccccc2)n1. The summed E-state index contributed by atoms with van der Waals surface area (Å²) in [5, 5.41) is 11.0. The lowest BCUT2D eigenvalue weighted by molar-refractivity contribution is 0.0948. The van der Waals surface area contributed by atoms with Gasteiger partial charge in [-0.3, -0.25) is 4.79 Å². The third-order valence-electron chi connectivity index (χ3n) is 2.53. The van der Waals surface area contributed by atoms with Crippen molar-refractivity contribution in [2.75, 3.05) is 6.54 Å². The molecule has 2 aromatic rings. The number of benzene rings is 1. The number of aromatic nitrogens is 3. The van der Waals surface area contributed by atoms with Crippen LogP contribution in [0.3, 0.4) is 0 Å². The molecule has 0 saturated heterocycles. The van der Waals surface area contributed by atoms with Crippen molar-refractivity contribution in [3.8, 4) is 5.69 Å². The topological polar surface area (TPSA) is 59.8 Å². The molecule has 0 aliphatic carbocycles. The lowest BCUT2D eigenvalue weighted by atomic mass is 10.3. The normalized spacial score (nSPS) is 10.3. The number of carbonyl (C=O) groups is 1. The molecule has 0 aliphatic rings. The Hall–Kier alpha value is -2.17. The van der Waals surface area contributed by atoms with E-state index in [0.717, 1.165) is 18.5 Å². The number of rotatable bonds is 5. The average Bonchev–Trinajstić information content (AvgIpc) is 2.89. The lowest BCUT2D eigenvalue weighted by Crippen LogP contribution is -2.24. The molecule has 0 fully saturated rings. The summed E-state index contributed by atoms with van der Waals surface area (Å²) < 4.78 is 0. The molecular formula is C13H16N4O. The first kappa shape index (κ1) is 12.3. The molecule has 1 N–H and O–H groups in total. The summed E-state index contributed by atoms with van der Waals surface area (Å²) >= 11 is 0. The molecule has 94 valence electrons. The van der Waals surface area contributed by atoms with E-state index >= 15 is 0 Å². The van der Waals surface area contributed by atoms with E-state index in [1.807, 2.05) is 30.3 Å². The summed E-state index contributed by atoms with van der Waals surface area (Å²) in [6, 6.07) is 9.50. The van der Waals surface area contributed by atoms with E-state index in [0.29, 0.717) is 12.2 Å². The number of nitrogens with zero attached hydrogens (tertiary/aromatic N) is 3. The highest BCUT2D eigenvalue weighted by atomic mass is 16.2. The molecule has 0 unspecified atom stereocenters. The standard InChI is InChI=1S/C13H16N4O/c1-2-3-9-14-13(18)12-10-15-17(16-12)11-7-5-4-6-8-11/h4-8,10H,2-3,9H2,1H3,(H,14,18). The number of para-hydroxylation sites is 1. The molecule has 0 bridgehead atoms. The molecule has 1 aromatic heterocycles. The highest BCUT2D eigenvalue weighted by Gasteiger charge is 2.10. The molecule has 1 amide bonds. The summed E-state index contributed by atoms with van der Waals surface area (Å²) in [5.74, 6) is -0.175. The molecule has 18 heavy (non-hydrogen) atoms. The van der Waals surface area contributed by atoms with E-state index in [-0.39, 0.29) is 5.91 Å². The van der Waals surface area contributed by atoms with Crippen LogP contribution in [0.2, 0.25) is 0 Å². The quantitative estimate of drug-likeness (QED) is 0.816. The number of amides is 1. The molecule has 0 aliphatic heterocycles. The number of nitrogens with one attached hydrogen (secondary N) is 1. The fraction of sp³-hybridized carbons (Fsp3) is 0.308. The van der Waals surface area contributed by atoms with Crippen LogP contribution in [0.1, 0.15) is 30.3 Å². The highest BCUT2D eigenvalue weighted by Crippen LogP contribution is 2.04. The fourth-order valence-corrected chi connectivity index (χ4v) is 1.52. The molecule has 2 rings (SSSR count). The molecule has 1 heterocycles. The van der Waals surface area contributed by atoms with Crippen LogP contribution >= 0.6 is 0 Å². The van der Waals surface area contributed by atoms with Gasteiger partial charge in [-0.1, -0.05) is 31.5 Å². The van der Waals surface area contributed by atoms with Crippen molar-refractivity contribution in [2.45, 2.75) is 19.8 Å². The Morgan fingerprint density at radius 3 is 2.83 bits per heavy atom. The summed E-state index contributed by atoms with van der Waals surface area (Å²) in [5.41, 5.74) is 1.18. The van der Waals surface area contributed by atoms with E-state index in [4.69, 9.17) is 0 Å². The Morgan fingerprint density at radius 1 is 1.33 bits per heavy atom. The molecule has 5 nitrogen and oxygen atoms in total. The van der Waals surface area contributed by atoms with E-state index < -0.39 is 0 Å². The summed E-state index contributed by atoms with van der Waals surface area (Å²) in [6.07, 6.45) is 3.50. The molecule has 0 saturated carbocycles. The predicted molar refractivity (Wildman–Crippen MR) is 68.6 cm³/mol. The van der Waals surface area contributed by atoms with Gasteiger partial charge in [-0.2, -0.15) is 9.90 Å². The zero-order valence-corrected chi connectivity index (χ0v) is 10.3. The number of hydrogen-bond donors (Lipinski definition) is 1. The van der Waals surface area contributed by atoms with Crippen LogP contribution in [0, 0.1) is 0 Å². The minimum atomic E-state index is -0.175. The summed E-state index contributed by atoms with van der Waals surface area (Å²) in [6.45, 7) is 2.76. The Morgan fingerprint density at radius 2 is 2.11 bits per heavy atom. The smallest absolute Gasteiger partial charge is 0.273 e. The second-order valence-corrected chi connectivity index (χ2v) is 3.96. The third kappa shape index (κ3) is 2.94. The van der Waals surface area contributed by atoms with Gasteiger partial charge in [0.15, 0.2) is 5.69 Å². The highest BCUT2D eigenvalue weighted by molar-refractivity contribution is 5.91. The van der Waals surface area contributed by atoms with Crippen molar-refractivity contribution in [1.29, 1.82) is 0 Å². The van der Waals surface area contributed by atoms with Crippen LogP contribution in [0.15, 0.2) is 36.5 Å². The predicted octanol–water partition coefficient (Wildman–Crippen LogP) is 1.80. The van der Waals surface area contributed by atoms with Crippen LogP contribution < -0.4 is 5.32 Å². The molecule has 0 spiro atoms. The van der Waals surface area contributed by atoms with E-state index in [2.05, 4.69) is 22.4 Å².